The first kappa shape index (κ1) is 13.9. The van der Waals surface area contributed by atoms with Crippen LogP contribution in [-0.4, -0.2) is 51.2 Å². The molecule has 2 fully saturated rings. The lowest BCUT2D eigenvalue weighted by atomic mass is 9.99. The Kier molecular flexibility index (Phi) is 3.53. The third-order valence-corrected chi connectivity index (χ3v) is 5.80. The highest BCUT2D eigenvalue weighted by Crippen LogP contribution is 2.34. The Balaban J connectivity index is 2.01. The average Bonchev–Trinajstić information content (AvgIpc) is 2.88. The van der Waals surface area contributed by atoms with Crippen molar-refractivity contribution in [3.05, 3.63) is 30.1 Å². The minimum absolute atomic E-state index is 0.0225. The van der Waals surface area contributed by atoms with Gasteiger partial charge in [-0.2, -0.15) is 4.31 Å². The van der Waals surface area contributed by atoms with Crippen LogP contribution in [0.25, 0.3) is 0 Å². The fourth-order valence-electron chi connectivity index (χ4n) is 2.76. The van der Waals surface area contributed by atoms with Gasteiger partial charge in [-0.15, -0.1) is 0 Å². The van der Waals surface area contributed by atoms with E-state index in [-0.39, 0.29) is 11.4 Å². The van der Waals surface area contributed by atoms with Crippen molar-refractivity contribution < 1.29 is 22.3 Å². The molecule has 1 aromatic rings. The lowest BCUT2D eigenvalue weighted by Crippen LogP contribution is -2.59. The van der Waals surface area contributed by atoms with E-state index in [2.05, 4.69) is 0 Å². The molecule has 2 aliphatic heterocycles. The zero-order valence-corrected chi connectivity index (χ0v) is 11.7. The van der Waals surface area contributed by atoms with Crippen molar-refractivity contribution in [2.45, 2.75) is 16.9 Å². The highest BCUT2D eigenvalue weighted by molar-refractivity contribution is 7.89. The third-order valence-electron chi connectivity index (χ3n) is 3.81. The summed E-state index contributed by atoms with van der Waals surface area (Å²) in [5, 5.41) is 0. The molecular formula is C13H16FNO4S. The monoisotopic (exact) mass is 301 g/mol. The van der Waals surface area contributed by atoms with Crippen molar-refractivity contribution in [1.82, 2.24) is 4.31 Å². The molecule has 0 radical (unpaired) electrons. The molecule has 0 aliphatic carbocycles. The summed E-state index contributed by atoms with van der Waals surface area (Å²) in [4.78, 5) is -0.0225. The van der Waals surface area contributed by atoms with E-state index in [0.717, 1.165) is 6.07 Å². The number of sulfonamides is 1. The zero-order chi connectivity index (χ0) is 14.2. The summed E-state index contributed by atoms with van der Waals surface area (Å²) in [7, 11) is -3.74. The topological polar surface area (TPSA) is 55.8 Å². The highest BCUT2D eigenvalue weighted by atomic mass is 32.2. The van der Waals surface area contributed by atoms with Crippen LogP contribution in [-0.2, 0) is 19.5 Å². The summed E-state index contributed by atoms with van der Waals surface area (Å²) in [6.45, 7) is 1.76. The summed E-state index contributed by atoms with van der Waals surface area (Å²) in [6.07, 6.45) is 0.599. The summed E-state index contributed by atoms with van der Waals surface area (Å²) in [5.74, 6) is -0.559. The smallest absolute Gasteiger partial charge is 0.243 e. The van der Waals surface area contributed by atoms with Gasteiger partial charge in [0.1, 0.15) is 5.82 Å². The van der Waals surface area contributed by atoms with E-state index in [4.69, 9.17) is 9.47 Å². The summed E-state index contributed by atoms with van der Waals surface area (Å²) < 4.78 is 51.0. The van der Waals surface area contributed by atoms with E-state index in [1.807, 2.05) is 0 Å². The minimum atomic E-state index is -3.74. The standard InChI is InChI=1S/C13H16FNO4S/c14-11-2-1-3-12(8-11)20(16,17)15-5-7-19-10-13(15)4-6-18-9-13/h1-3,8H,4-7,9-10H2/t13-/m0/s1. The third kappa shape index (κ3) is 2.24. The molecular weight excluding hydrogens is 285 g/mol. The second kappa shape index (κ2) is 5.07. The summed E-state index contributed by atoms with van der Waals surface area (Å²) in [5.41, 5.74) is -0.649. The number of hydrogen-bond donors (Lipinski definition) is 0. The van der Waals surface area contributed by atoms with Crippen molar-refractivity contribution in [1.29, 1.82) is 0 Å². The highest BCUT2D eigenvalue weighted by Gasteiger charge is 2.49. The van der Waals surface area contributed by atoms with Crippen molar-refractivity contribution in [3.63, 3.8) is 0 Å². The van der Waals surface area contributed by atoms with Gasteiger partial charge in [0, 0.05) is 13.2 Å². The molecule has 0 saturated carbocycles. The lowest BCUT2D eigenvalue weighted by molar-refractivity contribution is -0.0293. The van der Waals surface area contributed by atoms with Gasteiger partial charge in [0.15, 0.2) is 0 Å². The van der Waals surface area contributed by atoms with E-state index in [0.29, 0.717) is 32.8 Å². The van der Waals surface area contributed by atoms with Crippen LogP contribution in [0.2, 0.25) is 0 Å². The molecule has 2 heterocycles. The molecule has 5 nitrogen and oxygen atoms in total. The molecule has 2 saturated heterocycles. The Morgan fingerprint density at radius 1 is 1.20 bits per heavy atom. The molecule has 20 heavy (non-hydrogen) atoms. The SMILES string of the molecule is O=S(=O)(c1cccc(F)c1)N1CCOC[C@@]12CCOC2. The maximum Gasteiger partial charge on any atom is 0.243 e. The van der Waals surface area contributed by atoms with Gasteiger partial charge < -0.3 is 9.47 Å². The van der Waals surface area contributed by atoms with Crippen LogP contribution in [0.5, 0.6) is 0 Å². The first-order chi connectivity index (χ1) is 9.55. The number of halogens is 1. The molecule has 0 N–H and O–H groups in total. The van der Waals surface area contributed by atoms with Gasteiger partial charge in [0.25, 0.3) is 0 Å². The number of rotatable bonds is 2. The molecule has 0 amide bonds. The average molecular weight is 301 g/mol. The van der Waals surface area contributed by atoms with Crippen molar-refractivity contribution in [2.24, 2.45) is 0 Å². The number of ether oxygens (including phenoxy) is 2. The number of morpholine rings is 1. The zero-order valence-electron chi connectivity index (χ0n) is 10.9. The van der Waals surface area contributed by atoms with Gasteiger partial charge >= 0.3 is 0 Å². The van der Waals surface area contributed by atoms with Gasteiger partial charge in [0.2, 0.25) is 10.0 Å². The van der Waals surface area contributed by atoms with Crippen LogP contribution in [0.15, 0.2) is 29.2 Å². The Morgan fingerprint density at radius 2 is 1.95 bits per heavy atom. The van der Waals surface area contributed by atoms with Gasteiger partial charge in [-0.3, -0.25) is 0 Å². The molecule has 0 bridgehead atoms. The fourth-order valence-corrected chi connectivity index (χ4v) is 4.54. The molecule has 3 rings (SSSR count). The number of benzene rings is 1. The van der Waals surface area contributed by atoms with Gasteiger partial charge in [-0.05, 0) is 24.6 Å². The summed E-state index contributed by atoms with van der Waals surface area (Å²) >= 11 is 0. The van der Waals surface area contributed by atoms with Gasteiger partial charge in [-0.1, -0.05) is 6.07 Å². The molecule has 7 heteroatoms. The van der Waals surface area contributed by atoms with Crippen LogP contribution in [0, 0.1) is 5.82 Å². The molecule has 110 valence electrons. The Bertz CT molecular complexity index is 598. The molecule has 2 aliphatic rings. The largest absolute Gasteiger partial charge is 0.379 e. The second-order valence-electron chi connectivity index (χ2n) is 5.11. The summed E-state index contributed by atoms with van der Waals surface area (Å²) in [6, 6.07) is 5.10. The van der Waals surface area contributed by atoms with E-state index in [1.165, 1.54) is 22.5 Å². The maximum absolute atomic E-state index is 13.3. The molecule has 1 atom stereocenters. The van der Waals surface area contributed by atoms with Gasteiger partial charge in [0.05, 0.1) is 30.3 Å². The van der Waals surface area contributed by atoms with Crippen LogP contribution >= 0.6 is 0 Å². The van der Waals surface area contributed by atoms with E-state index < -0.39 is 21.4 Å². The lowest BCUT2D eigenvalue weighted by Gasteiger charge is -2.42. The first-order valence-corrected chi connectivity index (χ1v) is 7.93. The molecule has 1 spiro atoms. The van der Waals surface area contributed by atoms with E-state index in [9.17, 15) is 12.8 Å². The maximum atomic E-state index is 13.3. The quantitative estimate of drug-likeness (QED) is 0.818. The molecule has 0 unspecified atom stereocenters. The van der Waals surface area contributed by atoms with Crippen LogP contribution in [0.4, 0.5) is 4.39 Å². The molecule has 1 aromatic carbocycles. The normalized spacial score (nSPS) is 28.1. The van der Waals surface area contributed by atoms with E-state index >= 15 is 0 Å². The van der Waals surface area contributed by atoms with Crippen molar-refractivity contribution >= 4 is 10.0 Å². The van der Waals surface area contributed by atoms with Crippen LogP contribution in [0.3, 0.4) is 0 Å². The van der Waals surface area contributed by atoms with Gasteiger partial charge in [-0.25, -0.2) is 12.8 Å². The first-order valence-electron chi connectivity index (χ1n) is 6.49. The predicted molar refractivity (Wildman–Crippen MR) is 69.3 cm³/mol. The predicted octanol–water partition coefficient (Wildman–Crippen LogP) is 1.01. The Labute approximate surface area is 117 Å². The number of hydrogen-bond acceptors (Lipinski definition) is 4. The Morgan fingerprint density at radius 3 is 2.60 bits per heavy atom. The van der Waals surface area contributed by atoms with Crippen LogP contribution in [0.1, 0.15) is 6.42 Å². The number of nitrogens with zero attached hydrogens (tertiary/aromatic N) is 1. The Hall–Kier alpha value is -1.02. The van der Waals surface area contributed by atoms with E-state index in [1.54, 1.807) is 0 Å². The fraction of sp³-hybridized carbons (Fsp3) is 0.538. The van der Waals surface area contributed by atoms with Crippen molar-refractivity contribution in [3.8, 4) is 0 Å². The second-order valence-corrected chi connectivity index (χ2v) is 6.98. The minimum Gasteiger partial charge on any atom is -0.379 e. The van der Waals surface area contributed by atoms with Crippen molar-refractivity contribution in [2.75, 3.05) is 33.0 Å². The van der Waals surface area contributed by atoms with Crippen LogP contribution < -0.4 is 0 Å². The molecule has 0 aromatic heterocycles.